The Morgan fingerprint density at radius 1 is 1.29 bits per heavy atom. The van der Waals surface area contributed by atoms with E-state index >= 15 is 0 Å². The van der Waals surface area contributed by atoms with Crippen LogP contribution in [0.2, 0.25) is 0 Å². The minimum atomic E-state index is -3.42. The summed E-state index contributed by atoms with van der Waals surface area (Å²) >= 11 is 0. The molecular weight excluding hydrogens is 240 g/mol. The second kappa shape index (κ2) is 3.68. The van der Waals surface area contributed by atoms with Gasteiger partial charge in [-0.15, -0.1) is 0 Å². The van der Waals surface area contributed by atoms with Crippen LogP contribution in [0, 0.1) is 11.3 Å². The molecule has 0 bridgehead atoms. The number of carbonyl (C=O) groups is 1. The number of fused-ring (bicyclic) bond motifs is 1. The highest BCUT2D eigenvalue weighted by atomic mass is 32.2. The maximum atomic E-state index is 12.2. The number of hydrogen-bond donors (Lipinski definition) is 2. The van der Waals surface area contributed by atoms with Gasteiger partial charge in [0.25, 0.3) is 0 Å². The van der Waals surface area contributed by atoms with Gasteiger partial charge in [-0.05, 0) is 38.1 Å². The molecule has 1 aliphatic heterocycles. The van der Waals surface area contributed by atoms with E-state index < -0.39 is 15.4 Å². The highest BCUT2D eigenvalue weighted by Gasteiger charge is 2.56. The molecule has 3 rings (SSSR count). The Labute approximate surface area is 101 Å². The van der Waals surface area contributed by atoms with Crippen LogP contribution in [-0.4, -0.2) is 32.7 Å². The number of rotatable bonds is 3. The number of nitrogens with one attached hydrogen (secondary N) is 2. The lowest BCUT2D eigenvalue weighted by molar-refractivity contribution is -0.135. The van der Waals surface area contributed by atoms with Gasteiger partial charge in [-0.3, -0.25) is 9.52 Å². The minimum Gasteiger partial charge on any atom is -0.315 e. The molecule has 3 aliphatic rings. The second-order valence-electron chi connectivity index (χ2n) is 5.55. The number of sulfonamides is 1. The molecule has 0 aromatic rings. The van der Waals surface area contributed by atoms with E-state index in [1.54, 1.807) is 0 Å². The molecule has 96 valence electrons. The molecule has 0 radical (unpaired) electrons. The Kier molecular flexibility index (Phi) is 2.49. The normalized spacial score (nSPS) is 36.8. The molecule has 2 aliphatic carbocycles. The van der Waals surface area contributed by atoms with Crippen LogP contribution in [0.3, 0.4) is 0 Å². The molecule has 17 heavy (non-hydrogen) atoms. The Hall–Kier alpha value is -0.620. The summed E-state index contributed by atoms with van der Waals surface area (Å²) in [4.78, 5) is 12.2. The average molecular weight is 258 g/mol. The highest BCUT2D eigenvalue weighted by molar-refractivity contribution is 7.90. The summed E-state index contributed by atoms with van der Waals surface area (Å²) in [5.41, 5.74) is -0.434. The number of amides is 1. The van der Waals surface area contributed by atoms with Crippen molar-refractivity contribution < 1.29 is 13.2 Å². The van der Waals surface area contributed by atoms with Crippen LogP contribution in [0.4, 0.5) is 0 Å². The molecule has 0 spiro atoms. The van der Waals surface area contributed by atoms with Crippen LogP contribution in [0.5, 0.6) is 0 Å². The van der Waals surface area contributed by atoms with Crippen LogP contribution < -0.4 is 10.0 Å². The number of hydrogen-bond acceptors (Lipinski definition) is 4. The summed E-state index contributed by atoms with van der Waals surface area (Å²) in [6.07, 6.45) is 4.18. The SMILES string of the molecule is O=C(NS(=O)(=O)C1CCC1)[C@]12CC[C@H]1CNC2. The summed E-state index contributed by atoms with van der Waals surface area (Å²) < 4.78 is 26.1. The van der Waals surface area contributed by atoms with Gasteiger partial charge in [0.05, 0.1) is 10.7 Å². The lowest BCUT2D eigenvalue weighted by Crippen LogP contribution is -2.55. The van der Waals surface area contributed by atoms with Crippen LogP contribution in [0.1, 0.15) is 32.1 Å². The van der Waals surface area contributed by atoms with Crippen molar-refractivity contribution in [1.29, 1.82) is 0 Å². The molecule has 2 saturated carbocycles. The van der Waals surface area contributed by atoms with E-state index in [4.69, 9.17) is 0 Å². The van der Waals surface area contributed by atoms with Gasteiger partial charge < -0.3 is 5.32 Å². The zero-order valence-electron chi connectivity index (χ0n) is 9.74. The van der Waals surface area contributed by atoms with Crippen molar-refractivity contribution in [2.24, 2.45) is 11.3 Å². The Morgan fingerprint density at radius 3 is 2.53 bits per heavy atom. The molecule has 1 amide bonds. The van der Waals surface area contributed by atoms with Crippen molar-refractivity contribution in [3.8, 4) is 0 Å². The van der Waals surface area contributed by atoms with E-state index in [2.05, 4.69) is 10.0 Å². The smallest absolute Gasteiger partial charge is 0.241 e. The van der Waals surface area contributed by atoms with Crippen LogP contribution in [0.25, 0.3) is 0 Å². The van der Waals surface area contributed by atoms with Gasteiger partial charge >= 0.3 is 0 Å². The summed E-state index contributed by atoms with van der Waals surface area (Å²) in [5, 5.41) is 2.86. The molecule has 0 unspecified atom stereocenters. The van der Waals surface area contributed by atoms with Crippen LogP contribution in [0.15, 0.2) is 0 Å². The number of carbonyl (C=O) groups excluding carboxylic acids is 1. The van der Waals surface area contributed by atoms with Gasteiger partial charge in [0.15, 0.2) is 0 Å². The highest BCUT2D eigenvalue weighted by Crippen LogP contribution is 2.49. The third-order valence-electron chi connectivity index (χ3n) is 4.73. The Bertz CT molecular complexity index is 444. The molecule has 3 fully saturated rings. The standard InChI is InChI=1S/C11H18N2O3S/c14-10(11-5-4-8(11)6-12-7-11)13-17(15,16)9-2-1-3-9/h8-9,12H,1-7H2,(H,13,14)/t8-,11-/m0/s1. The van der Waals surface area contributed by atoms with E-state index in [1.807, 2.05) is 0 Å². The fraction of sp³-hybridized carbons (Fsp3) is 0.909. The van der Waals surface area contributed by atoms with Gasteiger partial charge in [-0.25, -0.2) is 8.42 Å². The van der Waals surface area contributed by atoms with Crippen molar-refractivity contribution in [3.05, 3.63) is 0 Å². The summed E-state index contributed by atoms with van der Waals surface area (Å²) in [6.45, 7) is 1.47. The minimum absolute atomic E-state index is 0.273. The van der Waals surface area contributed by atoms with Crippen molar-refractivity contribution >= 4 is 15.9 Å². The van der Waals surface area contributed by atoms with Crippen molar-refractivity contribution in [2.75, 3.05) is 13.1 Å². The largest absolute Gasteiger partial charge is 0.315 e. The molecule has 2 N–H and O–H groups in total. The topological polar surface area (TPSA) is 75.3 Å². The predicted octanol–water partition coefficient (Wildman–Crippen LogP) is -0.0155. The predicted molar refractivity (Wildman–Crippen MR) is 62.7 cm³/mol. The molecule has 2 atom stereocenters. The molecule has 0 aromatic carbocycles. The maximum absolute atomic E-state index is 12.2. The fourth-order valence-electron chi connectivity index (χ4n) is 3.07. The lowest BCUT2D eigenvalue weighted by Gasteiger charge is -2.42. The van der Waals surface area contributed by atoms with E-state index in [-0.39, 0.29) is 11.2 Å². The van der Waals surface area contributed by atoms with Crippen LogP contribution in [-0.2, 0) is 14.8 Å². The molecule has 0 aromatic heterocycles. The van der Waals surface area contributed by atoms with Gasteiger partial charge in [-0.1, -0.05) is 6.42 Å². The molecule has 1 heterocycles. The first-order chi connectivity index (χ1) is 8.05. The molecular formula is C11H18N2O3S. The van der Waals surface area contributed by atoms with Crippen LogP contribution >= 0.6 is 0 Å². The lowest BCUT2D eigenvalue weighted by atomic mass is 9.62. The maximum Gasteiger partial charge on any atom is 0.241 e. The van der Waals surface area contributed by atoms with Crippen molar-refractivity contribution in [2.45, 2.75) is 37.4 Å². The van der Waals surface area contributed by atoms with E-state index in [9.17, 15) is 13.2 Å². The van der Waals surface area contributed by atoms with Gasteiger partial charge in [0.1, 0.15) is 0 Å². The second-order valence-corrected chi connectivity index (χ2v) is 7.51. The quantitative estimate of drug-likeness (QED) is 0.746. The average Bonchev–Trinajstić information content (AvgIpc) is 2.37. The third-order valence-corrected chi connectivity index (χ3v) is 6.55. The first-order valence-corrected chi connectivity index (χ1v) is 7.86. The van der Waals surface area contributed by atoms with E-state index in [0.717, 1.165) is 25.8 Å². The monoisotopic (exact) mass is 258 g/mol. The van der Waals surface area contributed by atoms with E-state index in [0.29, 0.717) is 25.3 Å². The van der Waals surface area contributed by atoms with Gasteiger partial charge in [0, 0.05) is 6.54 Å². The zero-order valence-corrected chi connectivity index (χ0v) is 10.6. The van der Waals surface area contributed by atoms with Gasteiger partial charge in [0.2, 0.25) is 15.9 Å². The molecule has 6 heteroatoms. The summed E-state index contributed by atoms with van der Waals surface area (Å²) in [5.74, 6) is 0.0599. The summed E-state index contributed by atoms with van der Waals surface area (Å²) in [6, 6.07) is 0. The Balaban J connectivity index is 1.71. The Morgan fingerprint density at radius 2 is 2.06 bits per heavy atom. The third kappa shape index (κ3) is 1.61. The van der Waals surface area contributed by atoms with Crippen molar-refractivity contribution in [1.82, 2.24) is 10.0 Å². The summed E-state index contributed by atoms with van der Waals surface area (Å²) in [7, 11) is -3.42. The van der Waals surface area contributed by atoms with E-state index in [1.165, 1.54) is 0 Å². The fourth-order valence-corrected chi connectivity index (χ4v) is 4.65. The van der Waals surface area contributed by atoms with Crippen molar-refractivity contribution in [3.63, 3.8) is 0 Å². The molecule has 1 saturated heterocycles. The first kappa shape index (κ1) is 11.5. The van der Waals surface area contributed by atoms with Gasteiger partial charge in [-0.2, -0.15) is 0 Å². The first-order valence-electron chi connectivity index (χ1n) is 6.31. The molecule has 5 nitrogen and oxygen atoms in total. The zero-order chi connectivity index (χ0) is 12.1.